The Labute approximate surface area is 174 Å². The van der Waals surface area contributed by atoms with Crippen molar-refractivity contribution < 1.29 is 14.5 Å². The minimum atomic E-state index is -0.871. The van der Waals surface area contributed by atoms with E-state index in [9.17, 15) is 10.0 Å². The summed E-state index contributed by atoms with van der Waals surface area (Å²) in [6, 6.07) is 8.30. The first-order valence-electron chi connectivity index (χ1n) is 7.45. The van der Waals surface area contributed by atoms with Crippen molar-refractivity contribution in [3.8, 4) is 11.3 Å². The van der Waals surface area contributed by atoms with Crippen LogP contribution in [0.15, 0.2) is 40.9 Å². The van der Waals surface area contributed by atoms with Crippen LogP contribution in [-0.2, 0) is 0 Å². The van der Waals surface area contributed by atoms with Crippen LogP contribution in [0, 0.1) is 6.92 Å². The smallest absolute Gasteiger partial charge is 0.350 e. The number of aromatic nitrogens is 1. The van der Waals surface area contributed by atoms with Gasteiger partial charge in [0, 0.05) is 5.56 Å². The Morgan fingerprint density at radius 3 is 2.37 bits per heavy atom. The van der Waals surface area contributed by atoms with Crippen LogP contribution < -0.4 is 10.4 Å². The van der Waals surface area contributed by atoms with Gasteiger partial charge in [-0.3, -0.25) is 5.21 Å². The van der Waals surface area contributed by atoms with Gasteiger partial charge in [-0.25, -0.2) is 4.79 Å². The molecular formula is C17H11Cl4N3O3. The van der Waals surface area contributed by atoms with Crippen LogP contribution in [0.2, 0.25) is 20.1 Å². The zero-order valence-corrected chi connectivity index (χ0v) is 16.7. The van der Waals surface area contributed by atoms with Crippen molar-refractivity contribution in [2.75, 3.05) is 10.4 Å². The van der Waals surface area contributed by atoms with E-state index in [0.717, 1.165) is 0 Å². The lowest BCUT2D eigenvalue weighted by atomic mass is 10.1. The highest BCUT2D eigenvalue weighted by Crippen LogP contribution is 2.39. The second kappa shape index (κ2) is 7.96. The van der Waals surface area contributed by atoms with Crippen LogP contribution in [0.25, 0.3) is 11.3 Å². The van der Waals surface area contributed by atoms with Gasteiger partial charge in [0.25, 0.3) is 0 Å². The van der Waals surface area contributed by atoms with Crippen LogP contribution >= 0.6 is 46.4 Å². The topological polar surface area (TPSA) is 78.6 Å². The normalized spacial score (nSPS) is 10.7. The molecule has 0 radical (unpaired) electrons. The highest BCUT2D eigenvalue weighted by molar-refractivity contribution is 6.42. The number of amides is 2. The number of nitrogens with one attached hydrogen (secondary N) is 1. The molecule has 140 valence electrons. The summed E-state index contributed by atoms with van der Waals surface area (Å²) in [7, 11) is 0. The molecule has 0 saturated heterocycles. The van der Waals surface area contributed by atoms with Gasteiger partial charge < -0.3 is 9.84 Å². The van der Waals surface area contributed by atoms with Crippen molar-refractivity contribution in [2.24, 2.45) is 0 Å². The van der Waals surface area contributed by atoms with Gasteiger partial charge in [-0.15, -0.1) is 0 Å². The van der Waals surface area contributed by atoms with E-state index < -0.39 is 6.03 Å². The third-order valence-electron chi connectivity index (χ3n) is 3.63. The lowest BCUT2D eigenvalue weighted by Crippen LogP contribution is -2.32. The third kappa shape index (κ3) is 4.00. The summed E-state index contributed by atoms with van der Waals surface area (Å²) in [6.07, 6.45) is 0. The number of carbonyl (C=O) groups is 1. The van der Waals surface area contributed by atoms with Crippen LogP contribution in [0.5, 0.6) is 0 Å². The van der Waals surface area contributed by atoms with Gasteiger partial charge in [0.2, 0.25) is 0 Å². The summed E-state index contributed by atoms with van der Waals surface area (Å²) < 4.78 is 5.16. The van der Waals surface area contributed by atoms with E-state index in [0.29, 0.717) is 31.5 Å². The maximum Gasteiger partial charge on any atom is 0.350 e. The monoisotopic (exact) mass is 445 g/mol. The summed E-state index contributed by atoms with van der Waals surface area (Å²) in [6.45, 7) is 1.59. The van der Waals surface area contributed by atoms with E-state index in [4.69, 9.17) is 50.9 Å². The lowest BCUT2D eigenvalue weighted by Gasteiger charge is -2.16. The molecule has 0 aliphatic rings. The number of aryl methyl sites for hydroxylation is 1. The Balaban J connectivity index is 1.93. The molecule has 0 atom stereocenters. The summed E-state index contributed by atoms with van der Waals surface area (Å²) in [4.78, 5) is 12.5. The number of anilines is 2. The molecule has 3 aromatic rings. The molecule has 2 amide bonds. The van der Waals surface area contributed by atoms with E-state index in [2.05, 4.69) is 10.5 Å². The van der Waals surface area contributed by atoms with Crippen molar-refractivity contribution in [3.63, 3.8) is 0 Å². The first-order valence-corrected chi connectivity index (χ1v) is 8.96. The van der Waals surface area contributed by atoms with E-state index in [-0.39, 0.29) is 22.1 Å². The number of benzene rings is 2. The zero-order chi connectivity index (χ0) is 19.7. The van der Waals surface area contributed by atoms with Gasteiger partial charge in [-0.2, -0.15) is 5.06 Å². The molecule has 3 rings (SSSR count). The minimum absolute atomic E-state index is 0.119. The predicted molar refractivity (Wildman–Crippen MR) is 106 cm³/mol. The number of nitrogens with zero attached hydrogens (tertiary/aromatic N) is 2. The first-order chi connectivity index (χ1) is 12.8. The number of rotatable bonds is 3. The largest absolute Gasteiger partial charge is 0.359 e. The molecule has 0 aliphatic heterocycles. The Bertz CT molecular complexity index is 1000. The average molecular weight is 447 g/mol. The van der Waals surface area contributed by atoms with Crippen LogP contribution in [0.4, 0.5) is 16.2 Å². The highest BCUT2D eigenvalue weighted by Gasteiger charge is 2.23. The fourth-order valence-corrected chi connectivity index (χ4v) is 3.18. The molecule has 1 aromatic heterocycles. The molecule has 6 nitrogen and oxygen atoms in total. The maximum absolute atomic E-state index is 12.5. The van der Waals surface area contributed by atoms with Gasteiger partial charge in [-0.05, 0) is 37.3 Å². The molecule has 0 saturated carbocycles. The van der Waals surface area contributed by atoms with Crippen molar-refractivity contribution in [2.45, 2.75) is 6.92 Å². The molecule has 0 unspecified atom stereocenters. The number of hydroxylamine groups is 1. The van der Waals surface area contributed by atoms with Crippen LogP contribution in [0.3, 0.4) is 0 Å². The van der Waals surface area contributed by atoms with E-state index in [1.54, 1.807) is 25.1 Å². The molecule has 0 aliphatic carbocycles. The molecule has 0 spiro atoms. The van der Waals surface area contributed by atoms with Gasteiger partial charge in [0.15, 0.2) is 5.76 Å². The number of hydrogen-bond acceptors (Lipinski definition) is 4. The van der Waals surface area contributed by atoms with Gasteiger partial charge in [0.05, 0.1) is 25.8 Å². The van der Waals surface area contributed by atoms with Gasteiger partial charge in [0.1, 0.15) is 11.4 Å². The quantitative estimate of drug-likeness (QED) is 0.347. The third-order valence-corrected chi connectivity index (χ3v) is 5.00. The standard InChI is InChI=1S/C17H11Cl4N3O3/c1-8-15(16(23-27-8)14-11(19)3-2-4-12(14)20)22-17(25)24(26)9-5-6-10(18)13(21)7-9/h2-7,26H,1H3,(H,22,25). The number of hydrogen-bond donors (Lipinski definition) is 2. The number of halogens is 4. The Kier molecular flexibility index (Phi) is 5.83. The zero-order valence-electron chi connectivity index (χ0n) is 13.6. The van der Waals surface area contributed by atoms with E-state index >= 15 is 0 Å². The van der Waals surface area contributed by atoms with Crippen molar-refractivity contribution in [1.29, 1.82) is 0 Å². The molecule has 27 heavy (non-hydrogen) atoms. The molecule has 1 heterocycles. The Morgan fingerprint density at radius 1 is 1.07 bits per heavy atom. The lowest BCUT2D eigenvalue weighted by molar-refractivity contribution is 0.216. The summed E-state index contributed by atoms with van der Waals surface area (Å²) in [5.74, 6) is 0.303. The minimum Gasteiger partial charge on any atom is -0.359 e. The summed E-state index contributed by atoms with van der Waals surface area (Å²) in [5.41, 5.74) is 0.966. The number of urea groups is 1. The molecule has 0 bridgehead atoms. The molecule has 0 fully saturated rings. The predicted octanol–water partition coefficient (Wildman–Crippen LogP) is 6.69. The van der Waals surface area contributed by atoms with E-state index in [1.807, 2.05) is 0 Å². The molecule has 2 N–H and O–H groups in total. The first kappa shape index (κ1) is 19.8. The maximum atomic E-state index is 12.5. The summed E-state index contributed by atoms with van der Waals surface area (Å²) >= 11 is 24.2. The summed E-state index contributed by atoms with van der Waals surface area (Å²) in [5, 5.41) is 18.2. The second-order valence-corrected chi connectivity index (χ2v) is 7.03. The second-order valence-electron chi connectivity index (χ2n) is 5.40. The van der Waals surface area contributed by atoms with E-state index in [1.165, 1.54) is 18.2 Å². The molecule has 2 aromatic carbocycles. The molecular weight excluding hydrogens is 436 g/mol. The van der Waals surface area contributed by atoms with Gasteiger partial charge >= 0.3 is 6.03 Å². The highest BCUT2D eigenvalue weighted by atomic mass is 35.5. The SMILES string of the molecule is Cc1onc(-c2c(Cl)cccc2Cl)c1NC(=O)N(O)c1ccc(Cl)c(Cl)c1. The molecule has 10 heteroatoms. The number of carbonyl (C=O) groups excluding carboxylic acids is 1. The van der Waals surface area contributed by atoms with Crippen molar-refractivity contribution >= 4 is 63.8 Å². The van der Waals surface area contributed by atoms with Crippen molar-refractivity contribution in [3.05, 3.63) is 62.2 Å². The Morgan fingerprint density at radius 2 is 1.74 bits per heavy atom. The van der Waals surface area contributed by atoms with Gasteiger partial charge in [-0.1, -0.05) is 57.6 Å². The van der Waals surface area contributed by atoms with Crippen molar-refractivity contribution in [1.82, 2.24) is 5.16 Å². The fraction of sp³-hybridized carbons (Fsp3) is 0.0588. The van der Waals surface area contributed by atoms with Crippen LogP contribution in [-0.4, -0.2) is 16.4 Å². The fourth-order valence-electron chi connectivity index (χ4n) is 2.31. The Hall–Kier alpha value is -1.96. The average Bonchev–Trinajstić information content (AvgIpc) is 2.97. The van der Waals surface area contributed by atoms with Crippen LogP contribution in [0.1, 0.15) is 5.76 Å².